The van der Waals surface area contributed by atoms with Crippen LogP contribution in [0, 0.1) is 22.9 Å². The van der Waals surface area contributed by atoms with Gasteiger partial charge in [-0.05, 0) is 12.2 Å². The molecule has 0 spiro atoms. The number of anilines is 1. The van der Waals surface area contributed by atoms with Gasteiger partial charge in [-0.15, -0.1) is 6.42 Å². The van der Waals surface area contributed by atoms with Gasteiger partial charge in [0.1, 0.15) is 6.10 Å². The van der Waals surface area contributed by atoms with Gasteiger partial charge >= 0.3 is 0 Å². The molecule has 1 saturated heterocycles. The number of hydrogen-bond donors (Lipinski definition) is 3. The normalized spacial score (nSPS) is 33.0. The Labute approximate surface area is 117 Å². The van der Waals surface area contributed by atoms with Gasteiger partial charge in [0.15, 0.2) is 29.6 Å². The van der Waals surface area contributed by atoms with Gasteiger partial charge in [-0.2, -0.15) is 4.98 Å². The van der Waals surface area contributed by atoms with Gasteiger partial charge in [0.2, 0.25) is 4.77 Å². The molecule has 0 aliphatic carbocycles. The summed E-state index contributed by atoms with van der Waals surface area (Å²) in [7, 11) is 0. The van der Waals surface area contributed by atoms with E-state index in [2.05, 4.69) is 4.98 Å². The van der Waals surface area contributed by atoms with E-state index in [-0.39, 0.29) is 4.77 Å². The molecular weight excluding hydrogens is 292 g/mol. The predicted octanol–water partition coefficient (Wildman–Crippen LogP) is -0.0740. The molecule has 9 heteroatoms. The number of hydrogen-bond acceptors (Lipinski definition) is 6. The average molecular weight is 303 g/mol. The molecule has 1 aliphatic heterocycles. The molecule has 0 radical (unpaired) electrons. The van der Waals surface area contributed by atoms with Gasteiger partial charge in [0.25, 0.3) is 0 Å². The van der Waals surface area contributed by atoms with Crippen molar-refractivity contribution in [2.24, 2.45) is 0 Å². The van der Waals surface area contributed by atoms with Crippen molar-refractivity contribution in [3.8, 4) is 12.3 Å². The van der Waals surface area contributed by atoms with Crippen molar-refractivity contribution >= 4 is 18.0 Å². The molecule has 1 aromatic heterocycles. The van der Waals surface area contributed by atoms with E-state index in [1.165, 1.54) is 0 Å². The summed E-state index contributed by atoms with van der Waals surface area (Å²) in [6, 6.07) is 0. The highest BCUT2D eigenvalue weighted by Crippen LogP contribution is 2.38. The first-order valence-corrected chi connectivity index (χ1v) is 5.90. The van der Waals surface area contributed by atoms with Crippen LogP contribution in [0.3, 0.4) is 0 Å². The van der Waals surface area contributed by atoms with Crippen LogP contribution in [-0.4, -0.2) is 44.2 Å². The minimum Gasteiger partial charge on any atom is -0.392 e. The number of aliphatic hydroxyl groups excluding tert-OH is 2. The Morgan fingerprint density at radius 2 is 2.35 bits per heavy atom. The number of terminal acetylenes is 1. The Morgan fingerprint density at radius 3 is 2.85 bits per heavy atom. The van der Waals surface area contributed by atoms with Crippen LogP contribution in [0.1, 0.15) is 6.23 Å². The molecule has 4 N–H and O–H groups in total. The monoisotopic (exact) mass is 303 g/mol. The molecule has 1 aliphatic rings. The minimum absolute atomic E-state index is 0.241. The minimum atomic E-state index is -2.02. The average Bonchev–Trinajstić information content (AvgIpc) is 2.68. The molecule has 0 aromatic carbocycles. The molecule has 0 amide bonds. The second-order valence-electron chi connectivity index (χ2n) is 4.25. The Kier molecular flexibility index (Phi) is 3.75. The van der Waals surface area contributed by atoms with Gasteiger partial charge in [0.05, 0.1) is 6.61 Å². The van der Waals surface area contributed by atoms with Crippen molar-refractivity contribution in [3.05, 3.63) is 16.8 Å². The van der Waals surface area contributed by atoms with E-state index in [1.807, 2.05) is 5.92 Å². The van der Waals surface area contributed by atoms with E-state index >= 15 is 0 Å². The van der Waals surface area contributed by atoms with Gasteiger partial charge in [-0.1, -0.05) is 5.92 Å². The van der Waals surface area contributed by atoms with Crippen molar-refractivity contribution in [3.63, 3.8) is 0 Å². The number of rotatable bonds is 2. The van der Waals surface area contributed by atoms with E-state index in [9.17, 15) is 19.0 Å². The summed E-state index contributed by atoms with van der Waals surface area (Å²) in [6.07, 6.45) is 0.645. The summed E-state index contributed by atoms with van der Waals surface area (Å²) in [5.41, 5.74) is 3.31. The van der Waals surface area contributed by atoms with Crippen molar-refractivity contribution in [2.45, 2.75) is 24.1 Å². The van der Waals surface area contributed by atoms with Crippen molar-refractivity contribution in [2.75, 3.05) is 12.3 Å². The zero-order valence-corrected chi connectivity index (χ0v) is 10.8. The molecule has 1 aromatic rings. The molecule has 6 nitrogen and oxygen atoms in total. The fourth-order valence-corrected chi connectivity index (χ4v) is 2.16. The molecular formula is C11H11F2N3O3S. The molecule has 2 rings (SSSR count). The molecule has 1 unspecified atom stereocenters. The molecule has 2 heterocycles. The van der Waals surface area contributed by atoms with Gasteiger partial charge in [-0.3, -0.25) is 4.57 Å². The maximum Gasteiger partial charge on any atom is 0.203 e. The molecule has 108 valence electrons. The third-order valence-corrected chi connectivity index (χ3v) is 3.37. The summed E-state index contributed by atoms with van der Waals surface area (Å²) in [5.74, 6) is 0.640. The fourth-order valence-electron chi connectivity index (χ4n) is 1.91. The van der Waals surface area contributed by atoms with Crippen molar-refractivity contribution < 1.29 is 23.7 Å². The van der Waals surface area contributed by atoms with E-state index < -0.39 is 42.3 Å². The standard InChI is InChI=1S/C11H11F2N3O3S/c1-2-11(4-17)7(18)6(13)9(19-11)16-3-5(12)8(14)15-10(16)20/h1,3,6-7,9,17-18H,4H2,(H2,14,15,20)/t6?,7-,9-,11-/m1/s1. The van der Waals surface area contributed by atoms with Crippen LogP contribution in [0.2, 0.25) is 0 Å². The van der Waals surface area contributed by atoms with Crippen LogP contribution in [0.25, 0.3) is 0 Å². The summed E-state index contributed by atoms with van der Waals surface area (Å²) in [5, 5.41) is 19.0. The van der Waals surface area contributed by atoms with Gasteiger partial charge in [0, 0.05) is 6.20 Å². The number of nitrogens with zero attached hydrogens (tertiary/aromatic N) is 2. The molecule has 20 heavy (non-hydrogen) atoms. The number of aromatic nitrogens is 2. The number of nitrogen functional groups attached to an aromatic ring is 1. The van der Waals surface area contributed by atoms with Crippen LogP contribution in [0.15, 0.2) is 6.20 Å². The largest absolute Gasteiger partial charge is 0.392 e. The number of alkyl halides is 1. The Bertz CT molecular complexity index is 632. The number of nitrogens with two attached hydrogens (primary N) is 1. The Hall–Kier alpha value is -1.60. The highest BCUT2D eigenvalue weighted by Gasteiger charge is 2.55. The number of aliphatic hydroxyl groups is 2. The highest BCUT2D eigenvalue weighted by atomic mass is 32.1. The first kappa shape index (κ1) is 14.8. The summed E-state index contributed by atoms with van der Waals surface area (Å²) in [6.45, 7) is -0.806. The number of halogens is 2. The highest BCUT2D eigenvalue weighted by molar-refractivity contribution is 7.71. The maximum atomic E-state index is 14.1. The second-order valence-corrected chi connectivity index (χ2v) is 4.62. The van der Waals surface area contributed by atoms with Gasteiger partial charge < -0.3 is 20.7 Å². The fraction of sp³-hybridized carbons (Fsp3) is 0.455. The lowest BCUT2D eigenvalue weighted by atomic mass is 9.98. The number of ether oxygens (including phenoxy) is 1. The van der Waals surface area contributed by atoms with Crippen LogP contribution < -0.4 is 5.73 Å². The SMILES string of the molecule is C#C[C@]1(CO)O[C@@H](n2cc(F)c(N)nc2=S)C(F)[C@H]1O. The Morgan fingerprint density at radius 1 is 1.70 bits per heavy atom. The topological polar surface area (TPSA) is 93.5 Å². The predicted molar refractivity (Wildman–Crippen MR) is 67.1 cm³/mol. The summed E-state index contributed by atoms with van der Waals surface area (Å²) in [4.78, 5) is 3.51. The van der Waals surface area contributed by atoms with Crippen LogP contribution in [0.4, 0.5) is 14.6 Å². The van der Waals surface area contributed by atoms with E-state index in [4.69, 9.17) is 29.1 Å². The first-order chi connectivity index (χ1) is 9.36. The van der Waals surface area contributed by atoms with Crippen LogP contribution >= 0.6 is 12.2 Å². The molecule has 0 saturated carbocycles. The van der Waals surface area contributed by atoms with E-state index in [0.29, 0.717) is 0 Å². The second kappa shape index (κ2) is 5.06. The van der Waals surface area contributed by atoms with Crippen molar-refractivity contribution in [1.82, 2.24) is 9.55 Å². The molecule has 4 atom stereocenters. The van der Waals surface area contributed by atoms with Crippen LogP contribution in [-0.2, 0) is 4.74 Å². The molecule has 1 fully saturated rings. The third-order valence-electron chi connectivity index (χ3n) is 3.07. The summed E-state index contributed by atoms with van der Waals surface area (Å²) < 4.78 is 33.3. The lowest BCUT2D eigenvalue weighted by Gasteiger charge is -2.23. The lowest BCUT2D eigenvalue weighted by molar-refractivity contribution is -0.0919. The Balaban J connectivity index is 2.48. The first-order valence-electron chi connectivity index (χ1n) is 5.49. The zero-order chi connectivity index (χ0) is 15.1. The van der Waals surface area contributed by atoms with Crippen LogP contribution in [0.5, 0.6) is 0 Å². The smallest absolute Gasteiger partial charge is 0.203 e. The van der Waals surface area contributed by atoms with E-state index in [0.717, 1.165) is 10.8 Å². The maximum absolute atomic E-state index is 14.1. The van der Waals surface area contributed by atoms with Gasteiger partial charge in [-0.25, -0.2) is 8.78 Å². The quantitative estimate of drug-likeness (QED) is 0.523. The van der Waals surface area contributed by atoms with E-state index in [1.54, 1.807) is 0 Å². The molecule has 0 bridgehead atoms. The lowest BCUT2D eigenvalue weighted by Crippen LogP contribution is -2.44. The summed E-state index contributed by atoms with van der Waals surface area (Å²) >= 11 is 4.84. The zero-order valence-electron chi connectivity index (χ0n) is 10.0. The third kappa shape index (κ3) is 2.06. The van der Waals surface area contributed by atoms with Crippen molar-refractivity contribution in [1.29, 1.82) is 0 Å².